The molecule has 0 atom stereocenters. The number of hydrogen-bond acceptors (Lipinski definition) is 5. The molecule has 0 unspecified atom stereocenters. The summed E-state index contributed by atoms with van der Waals surface area (Å²) in [6.07, 6.45) is -0.328. The number of nitrogens with one attached hydrogen (secondary N) is 1. The lowest BCUT2D eigenvalue weighted by atomic mass is 10.00. The monoisotopic (exact) mass is 265 g/mol. The Bertz CT molecular complexity index is 507. The van der Waals surface area contributed by atoms with Gasteiger partial charge in [-0.2, -0.15) is 0 Å². The molecule has 0 saturated heterocycles. The molecule has 1 N–H and O–H groups in total. The molecule has 1 aromatic carbocycles. The molecule has 0 bridgehead atoms. The largest absolute Gasteiger partial charge is 0.550 e. The van der Waals surface area contributed by atoms with Crippen LogP contribution < -0.4 is 10.4 Å². The summed E-state index contributed by atoms with van der Waals surface area (Å²) >= 11 is 0. The molecule has 0 fully saturated rings. The first-order valence-electron chi connectivity index (χ1n) is 5.48. The standard InChI is InChI=1S/C12H14N2O5/c1-12(2,7-10(15)16)13-11(17)8-3-5-9(6-4-8)14(18)19/h3-6H,7H2,1-2H3,(H,13,17)(H,15,16)/p-1. The van der Waals surface area contributed by atoms with Crippen LogP contribution in [-0.2, 0) is 4.79 Å². The van der Waals surface area contributed by atoms with Gasteiger partial charge in [-0.15, -0.1) is 0 Å². The first-order valence-corrected chi connectivity index (χ1v) is 5.48. The second kappa shape index (κ2) is 5.47. The summed E-state index contributed by atoms with van der Waals surface area (Å²) < 4.78 is 0. The van der Waals surface area contributed by atoms with Crippen molar-refractivity contribution < 1.29 is 19.6 Å². The first-order chi connectivity index (χ1) is 8.71. The minimum absolute atomic E-state index is 0.120. The van der Waals surface area contributed by atoms with Crippen molar-refractivity contribution in [3.8, 4) is 0 Å². The van der Waals surface area contributed by atoms with Gasteiger partial charge >= 0.3 is 0 Å². The molecule has 0 aliphatic rings. The first kappa shape index (κ1) is 14.6. The predicted octanol–water partition coefficient (Wildman–Crippen LogP) is 0.243. The number of rotatable bonds is 5. The quantitative estimate of drug-likeness (QED) is 0.605. The van der Waals surface area contributed by atoms with Crippen molar-refractivity contribution in [2.24, 2.45) is 0 Å². The minimum Gasteiger partial charge on any atom is -0.550 e. The number of carbonyl (C=O) groups is 2. The molecule has 7 heteroatoms. The maximum atomic E-state index is 11.8. The van der Waals surface area contributed by atoms with Crippen LogP contribution in [0.1, 0.15) is 30.6 Å². The van der Waals surface area contributed by atoms with Gasteiger partial charge in [-0.25, -0.2) is 0 Å². The van der Waals surface area contributed by atoms with E-state index in [4.69, 9.17) is 0 Å². The number of benzene rings is 1. The fraction of sp³-hybridized carbons (Fsp3) is 0.333. The van der Waals surface area contributed by atoms with E-state index in [0.29, 0.717) is 0 Å². The molecular formula is C12H13N2O5-. The van der Waals surface area contributed by atoms with Crippen LogP contribution in [-0.4, -0.2) is 22.3 Å². The Morgan fingerprint density at radius 1 is 1.26 bits per heavy atom. The molecule has 1 aromatic rings. The molecule has 0 aliphatic heterocycles. The summed E-state index contributed by atoms with van der Waals surface area (Å²) in [4.78, 5) is 32.2. The van der Waals surface area contributed by atoms with Gasteiger partial charge < -0.3 is 15.2 Å². The summed E-state index contributed by atoms with van der Waals surface area (Å²) in [6.45, 7) is 3.10. The van der Waals surface area contributed by atoms with E-state index < -0.39 is 22.3 Å². The number of nitrogens with zero attached hydrogens (tertiary/aromatic N) is 1. The maximum Gasteiger partial charge on any atom is 0.269 e. The SMILES string of the molecule is CC(C)(CC(=O)[O-])NC(=O)c1ccc([N+](=O)[O-])cc1. The lowest BCUT2D eigenvalue weighted by molar-refractivity contribution is -0.384. The van der Waals surface area contributed by atoms with Gasteiger partial charge in [0.15, 0.2) is 0 Å². The summed E-state index contributed by atoms with van der Waals surface area (Å²) in [5.74, 6) is -1.77. The normalized spacial score (nSPS) is 10.8. The zero-order valence-electron chi connectivity index (χ0n) is 10.5. The van der Waals surface area contributed by atoms with Gasteiger partial charge in [0.2, 0.25) is 0 Å². The van der Waals surface area contributed by atoms with Gasteiger partial charge in [-0.05, 0) is 26.0 Å². The third-order valence-electron chi connectivity index (χ3n) is 2.38. The van der Waals surface area contributed by atoms with Crippen LogP contribution in [0.5, 0.6) is 0 Å². The Morgan fingerprint density at radius 3 is 2.21 bits per heavy atom. The number of nitro benzene ring substituents is 1. The van der Waals surface area contributed by atoms with E-state index >= 15 is 0 Å². The molecule has 0 heterocycles. The Hall–Kier alpha value is -2.44. The summed E-state index contributed by atoms with van der Waals surface area (Å²) in [5.41, 5.74) is -0.861. The molecule has 0 aromatic heterocycles. The van der Waals surface area contributed by atoms with Crippen LogP contribution in [0.3, 0.4) is 0 Å². The highest BCUT2D eigenvalue weighted by Gasteiger charge is 2.21. The highest BCUT2D eigenvalue weighted by molar-refractivity contribution is 5.95. The van der Waals surface area contributed by atoms with E-state index in [1.165, 1.54) is 24.3 Å². The molecule has 0 spiro atoms. The van der Waals surface area contributed by atoms with Crippen LogP contribution in [0.2, 0.25) is 0 Å². The van der Waals surface area contributed by atoms with Crippen molar-refractivity contribution in [1.29, 1.82) is 0 Å². The van der Waals surface area contributed by atoms with Crippen LogP contribution in [0, 0.1) is 10.1 Å². The van der Waals surface area contributed by atoms with Gasteiger partial charge in [-0.3, -0.25) is 14.9 Å². The molecule has 0 aliphatic carbocycles. The van der Waals surface area contributed by atoms with Crippen LogP contribution in [0.15, 0.2) is 24.3 Å². The van der Waals surface area contributed by atoms with Crippen molar-refractivity contribution in [2.75, 3.05) is 0 Å². The second-order valence-electron chi connectivity index (χ2n) is 4.69. The average Bonchev–Trinajstić information content (AvgIpc) is 2.26. The van der Waals surface area contributed by atoms with E-state index in [0.717, 1.165) is 0 Å². The number of carboxylic acid groups (broad SMARTS) is 1. The molecule has 1 amide bonds. The van der Waals surface area contributed by atoms with Crippen LogP contribution >= 0.6 is 0 Å². The number of non-ortho nitro benzene ring substituents is 1. The van der Waals surface area contributed by atoms with Crippen LogP contribution in [0.25, 0.3) is 0 Å². The highest BCUT2D eigenvalue weighted by atomic mass is 16.6. The number of amides is 1. The van der Waals surface area contributed by atoms with E-state index in [1.54, 1.807) is 13.8 Å². The molecule has 102 valence electrons. The number of nitro groups is 1. The summed E-state index contributed by atoms with van der Waals surface area (Å²) in [5, 5.41) is 23.5. The van der Waals surface area contributed by atoms with Crippen molar-refractivity contribution in [1.82, 2.24) is 5.32 Å². The predicted molar refractivity (Wildman–Crippen MR) is 64.3 cm³/mol. The molecule has 1 rings (SSSR count). The number of carbonyl (C=O) groups excluding carboxylic acids is 2. The van der Waals surface area contributed by atoms with E-state index in [1.807, 2.05) is 0 Å². The van der Waals surface area contributed by atoms with Crippen molar-refractivity contribution in [3.05, 3.63) is 39.9 Å². The molecule has 19 heavy (non-hydrogen) atoms. The fourth-order valence-corrected chi connectivity index (χ4v) is 1.52. The van der Waals surface area contributed by atoms with Gasteiger partial charge in [0.25, 0.3) is 11.6 Å². The zero-order chi connectivity index (χ0) is 14.6. The van der Waals surface area contributed by atoms with Gasteiger partial charge in [0, 0.05) is 35.6 Å². The smallest absolute Gasteiger partial charge is 0.269 e. The third-order valence-corrected chi connectivity index (χ3v) is 2.38. The Kier molecular flexibility index (Phi) is 4.21. The van der Waals surface area contributed by atoms with E-state index in [2.05, 4.69) is 5.32 Å². The Labute approximate surface area is 109 Å². The minimum atomic E-state index is -1.27. The lowest BCUT2D eigenvalue weighted by Gasteiger charge is -2.26. The van der Waals surface area contributed by atoms with Gasteiger partial charge in [-0.1, -0.05) is 0 Å². The topological polar surface area (TPSA) is 112 Å². The fourth-order valence-electron chi connectivity index (χ4n) is 1.52. The van der Waals surface area contributed by atoms with Gasteiger partial charge in [0.05, 0.1) is 4.92 Å². The Balaban J connectivity index is 2.78. The Morgan fingerprint density at radius 2 is 1.79 bits per heavy atom. The van der Waals surface area contributed by atoms with Crippen molar-refractivity contribution >= 4 is 17.6 Å². The second-order valence-corrected chi connectivity index (χ2v) is 4.69. The lowest BCUT2D eigenvalue weighted by Crippen LogP contribution is -2.47. The third kappa shape index (κ3) is 4.38. The van der Waals surface area contributed by atoms with E-state index in [-0.39, 0.29) is 17.7 Å². The maximum absolute atomic E-state index is 11.8. The van der Waals surface area contributed by atoms with Crippen LogP contribution in [0.4, 0.5) is 5.69 Å². The zero-order valence-corrected chi connectivity index (χ0v) is 10.5. The molecule has 7 nitrogen and oxygen atoms in total. The molecular weight excluding hydrogens is 252 g/mol. The van der Waals surface area contributed by atoms with Crippen molar-refractivity contribution in [3.63, 3.8) is 0 Å². The number of hydrogen-bond donors (Lipinski definition) is 1. The molecule has 0 saturated carbocycles. The number of carboxylic acids is 1. The van der Waals surface area contributed by atoms with Gasteiger partial charge in [0.1, 0.15) is 0 Å². The average molecular weight is 265 g/mol. The van der Waals surface area contributed by atoms with E-state index in [9.17, 15) is 24.8 Å². The summed E-state index contributed by atoms with van der Waals surface area (Å²) in [6, 6.07) is 5.03. The highest BCUT2D eigenvalue weighted by Crippen LogP contribution is 2.14. The summed E-state index contributed by atoms with van der Waals surface area (Å²) in [7, 11) is 0. The number of aliphatic carboxylic acids is 1. The van der Waals surface area contributed by atoms with Crippen molar-refractivity contribution in [2.45, 2.75) is 25.8 Å². The molecule has 0 radical (unpaired) electrons.